The molecule has 0 aromatic heterocycles. The van der Waals surface area contributed by atoms with Crippen LogP contribution in [-0.2, 0) is 20.6 Å². The lowest BCUT2D eigenvalue weighted by molar-refractivity contribution is 0.320. The first-order chi connectivity index (χ1) is 9.06. The molecule has 8 heteroatoms. The smallest absolute Gasteiger partial charge is 0.217 e. The number of hydrogen-bond acceptors (Lipinski definition) is 6. The van der Waals surface area contributed by atoms with Crippen molar-refractivity contribution in [2.24, 2.45) is 11.1 Å². The van der Waals surface area contributed by atoms with Crippen molar-refractivity contribution in [2.75, 3.05) is 0 Å². The lowest BCUT2D eigenvalue weighted by Crippen LogP contribution is -2.22. The van der Waals surface area contributed by atoms with E-state index in [1.807, 2.05) is 0 Å². The Morgan fingerprint density at radius 2 is 2.00 bits per heavy atom. The Morgan fingerprint density at radius 3 is 2.58 bits per heavy atom. The molecular weight excluding hydrogens is 290 g/mol. The molecule has 1 atom stereocenters. The van der Waals surface area contributed by atoms with Crippen molar-refractivity contribution in [3.63, 3.8) is 0 Å². The SMILES string of the molecule is O=S(=O)=C1C=CC(CCCCC=NO)C(=S(=O)=O)C1. The zero-order valence-electron chi connectivity index (χ0n) is 10.2. The lowest BCUT2D eigenvalue weighted by Gasteiger charge is -2.16. The Morgan fingerprint density at radius 1 is 1.26 bits per heavy atom. The fourth-order valence-corrected chi connectivity index (χ4v) is 3.18. The second-order valence-corrected chi connectivity index (χ2v) is 6.11. The van der Waals surface area contributed by atoms with Gasteiger partial charge in [0, 0.05) is 18.6 Å². The summed E-state index contributed by atoms with van der Waals surface area (Å²) in [5.74, 6) is -0.239. The molecule has 1 unspecified atom stereocenters. The third-order valence-electron chi connectivity index (χ3n) is 2.88. The summed E-state index contributed by atoms with van der Waals surface area (Å²) >= 11 is 0. The van der Waals surface area contributed by atoms with Crippen LogP contribution < -0.4 is 0 Å². The van der Waals surface area contributed by atoms with E-state index in [-0.39, 0.29) is 22.1 Å². The van der Waals surface area contributed by atoms with Crippen molar-refractivity contribution in [1.29, 1.82) is 0 Å². The molecule has 19 heavy (non-hydrogen) atoms. The molecule has 0 heterocycles. The van der Waals surface area contributed by atoms with Crippen LogP contribution in [0.15, 0.2) is 17.3 Å². The summed E-state index contributed by atoms with van der Waals surface area (Å²) in [6.45, 7) is 0. The minimum atomic E-state index is -2.37. The summed E-state index contributed by atoms with van der Waals surface area (Å²) in [5.41, 5.74) is 0. The van der Waals surface area contributed by atoms with Crippen molar-refractivity contribution in [1.82, 2.24) is 0 Å². The first-order valence-electron chi connectivity index (χ1n) is 5.80. The van der Waals surface area contributed by atoms with E-state index in [0.29, 0.717) is 12.8 Å². The predicted octanol–water partition coefficient (Wildman–Crippen LogP) is 0.686. The fraction of sp³-hybridized carbons (Fsp3) is 0.545. The van der Waals surface area contributed by atoms with Crippen LogP contribution in [0.3, 0.4) is 0 Å². The number of unbranched alkanes of at least 4 members (excludes halogenated alkanes) is 2. The number of oxime groups is 1. The van der Waals surface area contributed by atoms with Gasteiger partial charge in [0.2, 0.25) is 20.6 Å². The van der Waals surface area contributed by atoms with Crippen molar-refractivity contribution >= 4 is 36.5 Å². The molecule has 0 radical (unpaired) electrons. The van der Waals surface area contributed by atoms with Crippen LogP contribution in [0, 0.1) is 5.92 Å². The summed E-state index contributed by atoms with van der Waals surface area (Å²) < 4.78 is 43.9. The molecular formula is C11H15NO5S2. The van der Waals surface area contributed by atoms with Gasteiger partial charge in [-0.15, -0.1) is 5.16 Å². The van der Waals surface area contributed by atoms with Gasteiger partial charge in [0.05, 0.1) is 9.73 Å². The number of rotatable bonds is 5. The highest BCUT2D eigenvalue weighted by atomic mass is 32.2. The second kappa shape index (κ2) is 7.90. The third kappa shape index (κ3) is 4.99. The molecule has 0 bridgehead atoms. The van der Waals surface area contributed by atoms with Gasteiger partial charge >= 0.3 is 0 Å². The van der Waals surface area contributed by atoms with Crippen molar-refractivity contribution in [2.45, 2.75) is 32.1 Å². The Bertz CT molecular complexity index is 625. The topological polar surface area (TPSA) is 101 Å². The van der Waals surface area contributed by atoms with Gasteiger partial charge in [0.1, 0.15) is 0 Å². The summed E-state index contributed by atoms with van der Waals surface area (Å²) in [5, 5.41) is 11.1. The normalized spacial score (nSPS) is 19.1. The number of nitrogens with zero attached hydrogens (tertiary/aromatic N) is 1. The summed E-state index contributed by atoms with van der Waals surface area (Å²) in [7, 11) is -4.75. The molecule has 0 saturated carbocycles. The molecule has 0 fully saturated rings. The lowest BCUT2D eigenvalue weighted by atomic mass is 9.91. The van der Waals surface area contributed by atoms with Crippen LogP contribution in [-0.4, -0.2) is 38.0 Å². The average molecular weight is 305 g/mol. The molecule has 106 valence electrons. The maximum absolute atomic E-state index is 11.1. The van der Waals surface area contributed by atoms with Gasteiger partial charge in [-0.3, -0.25) is 0 Å². The monoisotopic (exact) mass is 305 g/mol. The number of hydrogen-bond donors (Lipinski definition) is 1. The molecule has 1 N–H and O–H groups in total. The molecule has 0 amide bonds. The molecule has 0 saturated heterocycles. The van der Waals surface area contributed by atoms with E-state index >= 15 is 0 Å². The molecule has 6 nitrogen and oxygen atoms in total. The van der Waals surface area contributed by atoms with Gasteiger partial charge in [-0.2, -0.15) is 16.8 Å². The van der Waals surface area contributed by atoms with Crippen LogP contribution in [0.2, 0.25) is 0 Å². The zero-order valence-corrected chi connectivity index (χ0v) is 11.8. The molecule has 0 aliphatic heterocycles. The van der Waals surface area contributed by atoms with Crippen molar-refractivity contribution < 1.29 is 22.0 Å². The van der Waals surface area contributed by atoms with Crippen molar-refractivity contribution in [3.8, 4) is 0 Å². The molecule has 0 spiro atoms. The summed E-state index contributed by atoms with van der Waals surface area (Å²) in [6.07, 6.45) is 7.28. The Hall–Kier alpha value is -1.41. The quantitative estimate of drug-likeness (QED) is 0.265. The predicted molar refractivity (Wildman–Crippen MR) is 73.8 cm³/mol. The largest absolute Gasteiger partial charge is 0.411 e. The maximum Gasteiger partial charge on any atom is 0.217 e. The Labute approximate surface area is 114 Å². The van der Waals surface area contributed by atoms with Gasteiger partial charge in [-0.25, -0.2) is 0 Å². The van der Waals surface area contributed by atoms with E-state index in [2.05, 4.69) is 5.16 Å². The molecule has 0 aromatic rings. The minimum absolute atomic E-state index is 0.0362. The standard InChI is InChI=1S/C11H15NO5S2/c13-12-7-3-1-2-4-9-5-6-10(18(14)15)8-11(9)19(16)17/h5-7,9,13H,1-4,8H2. The van der Waals surface area contributed by atoms with Gasteiger partial charge in [-0.1, -0.05) is 12.5 Å². The molecule has 1 aliphatic rings. The minimum Gasteiger partial charge on any atom is -0.411 e. The Balaban J connectivity index is 2.75. The highest BCUT2D eigenvalue weighted by Crippen LogP contribution is 2.19. The zero-order chi connectivity index (χ0) is 14.3. The van der Waals surface area contributed by atoms with Crippen molar-refractivity contribution in [3.05, 3.63) is 12.2 Å². The molecule has 0 aromatic carbocycles. The average Bonchev–Trinajstić information content (AvgIpc) is 2.38. The first kappa shape index (κ1) is 15.6. The second-order valence-electron chi connectivity index (χ2n) is 4.13. The fourth-order valence-electron chi connectivity index (χ4n) is 1.90. The van der Waals surface area contributed by atoms with Gasteiger partial charge in [-0.05, 0) is 25.3 Å². The molecule has 1 aliphatic carbocycles. The van der Waals surface area contributed by atoms with E-state index < -0.39 is 20.6 Å². The van der Waals surface area contributed by atoms with Crippen LogP contribution in [0.25, 0.3) is 0 Å². The first-order valence-corrected chi connectivity index (χ1v) is 7.95. The van der Waals surface area contributed by atoms with Gasteiger partial charge in [0.25, 0.3) is 0 Å². The van der Waals surface area contributed by atoms with E-state index in [9.17, 15) is 16.8 Å². The maximum atomic E-state index is 11.1. The summed E-state index contributed by atoms with van der Waals surface area (Å²) in [4.78, 5) is 0.320. The van der Waals surface area contributed by atoms with Gasteiger partial charge < -0.3 is 5.21 Å². The van der Waals surface area contributed by atoms with E-state index in [1.165, 1.54) is 12.3 Å². The third-order valence-corrected chi connectivity index (χ3v) is 4.47. The molecule has 1 rings (SSSR count). The Kier molecular flexibility index (Phi) is 6.51. The van der Waals surface area contributed by atoms with E-state index in [4.69, 9.17) is 5.21 Å². The number of allylic oxidation sites excluding steroid dienone is 2. The van der Waals surface area contributed by atoms with Crippen LogP contribution >= 0.6 is 0 Å². The van der Waals surface area contributed by atoms with Crippen LogP contribution in [0.5, 0.6) is 0 Å². The highest BCUT2D eigenvalue weighted by Gasteiger charge is 2.21. The van der Waals surface area contributed by atoms with Gasteiger partial charge in [0.15, 0.2) is 0 Å². The van der Waals surface area contributed by atoms with Crippen LogP contribution in [0.4, 0.5) is 0 Å². The van der Waals surface area contributed by atoms with Crippen LogP contribution in [0.1, 0.15) is 32.1 Å². The summed E-state index contributed by atoms with van der Waals surface area (Å²) in [6, 6.07) is 0. The van der Waals surface area contributed by atoms with E-state index in [1.54, 1.807) is 6.08 Å². The van der Waals surface area contributed by atoms with E-state index in [0.717, 1.165) is 12.8 Å². The highest BCUT2D eigenvalue weighted by molar-refractivity contribution is 7.75.